The Hall–Kier alpha value is -1.59. The van der Waals surface area contributed by atoms with Crippen LogP contribution < -0.4 is 11.1 Å². The van der Waals surface area contributed by atoms with E-state index in [1.165, 1.54) is 20.9 Å². The standard InChI is InChI=1S/C11H20N2O4/c1-5-6(9(15)13-4)7(8(12)14)11(2,3)10(16)17/h6-7H,5H2,1-4H3,(H2,12,14)(H,13,15)(H,16,17)/t6-,7?/m0/s1. The van der Waals surface area contributed by atoms with E-state index in [0.717, 1.165) is 0 Å². The van der Waals surface area contributed by atoms with Crippen LogP contribution in [0.4, 0.5) is 0 Å². The van der Waals surface area contributed by atoms with Gasteiger partial charge in [0.05, 0.1) is 17.3 Å². The lowest BCUT2D eigenvalue weighted by Crippen LogP contribution is -2.49. The van der Waals surface area contributed by atoms with Crippen molar-refractivity contribution >= 4 is 17.8 Å². The van der Waals surface area contributed by atoms with Crippen LogP contribution in [0.15, 0.2) is 0 Å². The van der Waals surface area contributed by atoms with Gasteiger partial charge in [-0.2, -0.15) is 0 Å². The number of rotatable bonds is 6. The molecule has 0 saturated heterocycles. The summed E-state index contributed by atoms with van der Waals surface area (Å²) in [4.78, 5) is 34.3. The monoisotopic (exact) mass is 244 g/mol. The lowest BCUT2D eigenvalue weighted by molar-refractivity contribution is -0.157. The van der Waals surface area contributed by atoms with Gasteiger partial charge in [-0.15, -0.1) is 0 Å². The topological polar surface area (TPSA) is 109 Å². The molecule has 98 valence electrons. The number of primary amides is 1. The molecule has 0 aliphatic heterocycles. The van der Waals surface area contributed by atoms with Crippen molar-refractivity contribution in [3.05, 3.63) is 0 Å². The Morgan fingerprint density at radius 2 is 1.82 bits per heavy atom. The molecule has 0 aromatic carbocycles. The number of hydrogen-bond donors (Lipinski definition) is 3. The highest BCUT2D eigenvalue weighted by molar-refractivity contribution is 5.91. The SMILES string of the molecule is CC[C@H](C(=O)NC)C(C(N)=O)C(C)(C)C(=O)O. The van der Waals surface area contributed by atoms with Gasteiger partial charge in [-0.1, -0.05) is 6.92 Å². The van der Waals surface area contributed by atoms with Crippen LogP contribution in [-0.4, -0.2) is 29.9 Å². The highest BCUT2D eigenvalue weighted by atomic mass is 16.4. The second-order valence-corrected chi connectivity index (χ2v) is 4.54. The molecule has 2 amide bonds. The molecule has 6 nitrogen and oxygen atoms in total. The number of carboxylic acid groups (broad SMARTS) is 1. The van der Waals surface area contributed by atoms with Gasteiger partial charge in [-0.05, 0) is 20.3 Å². The van der Waals surface area contributed by atoms with Crippen molar-refractivity contribution in [2.75, 3.05) is 7.05 Å². The summed E-state index contributed by atoms with van der Waals surface area (Å²) in [6, 6.07) is 0. The molecule has 0 spiro atoms. The van der Waals surface area contributed by atoms with Crippen molar-refractivity contribution in [2.45, 2.75) is 27.2 Å². The fourth-order valence-electron chi connectivity index (χ4n) is 1.95. The minimum absolute atomic E-state index is 0.351. The zero-order valence-corrected chi connectivity index (χ0v) is 10.6. The van der Waals surface area contributed by atoms with Gasteiger partial charge in [0.15, 0.2) is 0 Å². The maximum absolute atomic E-state index is 11.6. The average Bonchev–Trinajstić information content (AvgIpc) is 2.23. The first kappa shape index (κ1) is 15.4. The molecule has 0 heterocycles. The van der Waals surface area contributed by atoms with E-state index < -0.39 is 29.1 Å². The Morgan fingerprint density at radius 1 is 1.35 bits per heavy atom. The highest BCUT2D eigenvalue weighted by Gasteiger charge is 2.46. The van der Waals surface area contributed by atoms with E-state index in [1.807, 2.05) is 0 Å². The maximum Gasteiger partial charge on any atom is 0.309 e. The van der Waals surface area contributed by atoms with E-state index in [2.05, 4.69) is 5.32 Å². The lowest BCUT2D eigenvalue weighted by Gasteiger charge is -2.32. The molecule has 0 aromatic rings. The predicted molar refractivity (Wildman–Crippen MR) is 61.9 cm³/mol. The summed E-state index contributed by atoms with van der Waals surface area (Å²) in [5, 5.41) is 11.5. The third kappa shape index (κ3) is 3.18. The number of hydrogen-bond acceptors (Lipinski definition) is 3. The largest absolute Gasteiger partial charge is 0.481 e. The van der Waals surface area contributed by atoms with Crippen molar-refractivity contribution < 1.29 is 19.5 Å². The van der Waals surface area contributed by atoms with Gasteiger partial charge in [0.2, 0.25) is 11.8 Å². The van der Waals surface area contributed by atoms with Crippen LogP contribution in [0.1, 0.15) is 27.2 Å². The summed E-state index contributed by atoms with van der Waals surface area (Å²) >= 11 is 0. The third-order valence-corrected chi connectivity index (χ3v) is 3.06. The first-order valence-electron chi connectivity index (χ1n) is 5.44. The van der Waals surface area contributed by atoms with Gasteiger partial charge >= 0.3 is 5.97 Å². The van der Waals surface area contributed by atoms with E-state index in [4.69, 9.17) is 10.8 Å². The van der Waals surface area contributed by atoms with Crippen LogP contribution in [0.5, 0.6) is 0 Å². The first-order valence-corrected chi connectivity index (χ1v) is 5.44. The third-order valence-electron chi connectivity index (χ3n) is 3.06. The number of carboxylic acids is 1. The minimum atomic E-state index is -1.38. The smallest absolute Gasteiger partial charge is 0.309 e. The quantitative estimate of drug-likeness (QED) is 0.609. The van der Waals surface area contributed by atoms with Gasteiger partial charge in [0, 0.05) is 7.05 Å². The molecule has 0 saturated carbocycles. The molecule has 6 heteroatoms. The van der Waals surface area contributed by atoms with Crippen LogP contribution in [0, 0.1) is 17.3 Å². The van der Waals surface area contributed by atoms with E-state index in [-0.39, 0.29) is 5.91 Å². The molecule has 0 fully saturated rings. The molecule has 0 rings (SSSR count). The predicted octanol–water partition coefficient (Wildman–Crippen LogP) is -0.0291. The van der Waals surface area contributed by atoms with Crippen LogP contribution in [0.3, 0.4) is 0 Å². The van der Waals surface area contributed by atoms with Crippen molar-refractivity contribution in [1.82, 2.24) is 5.32 Å². The van der Waals surface area contributed by atoms with Crippen molar-refractivity contribution in [1.29, 1.82) is 0 Å². The van der Waals surface area contributed by atoms with Crippen LogP contribution in [0.2, 0.25) is 0 Å². The lowest BCUT2D eigenvalue weighted by atomic mass is 9.70. The fraction of sp³-hybridized carbons (Fsp3) is 0.727. The second kappa shape index (κ2) is 5.65. The normalized spacial score (nSPS) is 14.8. The second-order valence-electron chi connectivity index (χ2n) is 4.54. The summed E-state index contributed by atoms with van der Waals surface area (Å²) in [6.45, 7) is 4.51. The number of aliphatic carboxylic acids is 1. The summed E-state index contributed by atoms with van der Waals surface area (Å²) in [7, 11) is 1.44. The van der Waals surface area contributed by atoms with Crippen molar-refractivity contribution in [3.63, 3.8) is 0 Å². The van der Waals surface area contributed by atoms with Crippen molar-refractivity contribution in [2.24, 2.45) is 23.0 Å². The number of nitrogens with one attached hydrogen (secondary N) is 1. The van der Waals surface area contributed by atoms with Crippen LogP contribution in [0.25, 0.3) is 0 Å². The molecular formula is C11H20N2O4. The van der Waals surface area contributed by atoms with Gasteiger partial charge in [0.25, 0.3) is 0 Å². The van der Waals surface area contributed by atoms with E-state index in [1.54, 1.807) is 6.92 Å². The van der Waals surface area contributed by atoms with Crippen LogP contribution in [-0.2, 0) is 14.4 Å². The molecule has 17 heavy (non-hydrogen) atoms. The highest BCUT2D eigenvalue weighted by Crippen LogP contribution is 2.34. The molecule has 0 radical (unpaired) electrons. The minimum Gasteiger partial charge on any atom is -0.481 e. The van der Waals surface area contributed by atoms with E-state index in [0.29, 0.717) is 6.42 Å². The Balaban J connectivity index is 5.43. The fourth-order valence-corrected chi connectivity index (χ4v) is 1.95. The van der Waals surface area contributed by atoms with Crippen molar-refractivity contribution in [3.8, 4) is 0 Å². The Kier molecular flexibility index (Phi) is 5.12. The number of carbonyl (C=O) groups is 3. The van der Waals surface area contributed by atoms with E-state index >= 15 is 0 Å². The number of amides is 2. The van der Waals surface area contributed by atoms with Gasteiger partial charge in [-0.25, -0.2) is 0 Å². The molecule has 0 aliphatic carbocycles. The molecule has 2 atom stereocenters. The Labute approximate surface area is 101 Å². The Morgan fingerprint density at radius 3 is 2.06 bits per heavy atom. The molecule has 0 bridgehead atoms. The molecule has 1 unspecified atom stereocenters. The summed E-state index contributed by atoms with van der Waals surface area (Å²) in [5.74, 6) is -4.06. The summed E-state index contributed by atoms with van der Waals surface area (Å²) < 4.78 is 0. The molecular weight excluding hydrogens is 224 g/mol. The number of nitrogens with two attached hydrogens (primary N) is 1. The van der Waals surface area contributed by atoms with Crippen LogP contribution >= 0.6 is 0 Å². The molecule has 4 N–H and O–H groups in total. The number of carbonyl (C=O) groups excluding carboxylic acids is 2. The first-order chi connectivity index (χ1) is 7.69. The van der Waals surface area contributed by atoms with Gasteiger partial charge < -0.3 is 16.2 Å². The van der Waals surface area contributed by atoms with E-state index in [9.17, 15) is 14.4 Å². The maximum atomic E-state index is 11.6. The summed E-state index contributed by atoms with van der Waals surface area (Å²) in [6.07, 6.45) is 0.351. The zero-order valence-electron chi connectivity index (χ0n) is 10.6. The average molecular weight is 244 g/mol. The molecule has 0 aromatic heterocycles. The Bertz CT molecular complexity index is 325. The molecule has 0 aliphatic rings. The van der Waals surface area contributed by atoms with Gasteiger partial charge in [0.1, 0.15) is 0 Å². The summed E-state index contributed by atoms with van der Waals surface area (Å²) in [5.41, 5.74) is 3.87. The van der Waals surface area contributed by atoms with Gasteiger partial charge in [-0.3, -0.25) is 14.4 Å². The zero-order chi connectivity index (χ0) is 13.8.